The second kappa shape index (κ2) is 14.4. The van der Waals surface area contributed by atoms with Gasteiger partial charge in [-0.3, -0.25) is 28.8 Å². The van der Waals surface area contributed by atoms with Crippen LogP contribution in [0.15, 0.2) is 0 Å². The Morgan fingerprint density at radius 1 is 0.767 bits per heavy atom. The van der Waals surface area contributed by atoms with Crippen molar-refractivity contribution >= 4 is 54.0 Å². The summed E-state index contributed by atoms with van der Waals surface area (Å²) >= 11 is 4.19. The molecule has 0 bridgehead atoms. The van der Waals surface area contributed by atoms with Crippen LogP contribution >= 0.6 is 12.6 Å². The van der Waals surface area contributed by atoms with E-state index >= 15 is 0 Å². The van der Waals surface area contributed by atoms with E-state index in [1.54, 1.807) is 0 Å². The molecular weight excluding hydrogens is 582 g/mol. The molecular formula is C27H41N7O8S. The molecule has 4 aliphatic rings. The van der Waals surface area contributed by atoms with Crippen molar-refractivity contribution < 1.29 is 38.7 Å². The number of primary amides is 1. The van der Waals surface area contributed by atoms with Gasteiger partial charge in [0.2, 0.25) is 35.4 Å². The highest BCUT2D eigenvalue weighted by Crippen LogP contribution is 2.24. The normalized spacial score (nSPS) is 26.7. The van der Waals surface area contributed by atoms with Gasteiger partial charge in [0.05, 0.1) is 12.5 Å². The third kappa shape index (κ3) is 7.40. The summed E-state index contributed by atoms with van der Waals surface area (Å²) in [5.41, 5.74) is 5.42. The van der Waals surface area contributed by atoms with Crippen molar-refractivity contribution in [1.82, 2.24) is 30.7 Å². The largest absolute Gasteiger partial charge is 0.480 e. The molecule has 0 aromatic heterocycles. The number of likely N-dealkylation sites (tertiary alicyclic amines) is 3. The Kier molecular flexibility index (Phi) is 10.9. The zero-order chi connectivity index (χ0) is 31.3. The number of aliphatic carboxylic acids is 1. The topological polar surface area (TPSA) is 212 Å². The number of amides is 6. The number of rotatable bonds is 11. The first-order chi connectivity index (χ1) is 20.5. The van der Waals surface area contributed by atoms with E-state index < -0.39 is 72.1 Å². The Balaban J connectivity index is 1.42. The number of nitrogens with one attached hydrogen (secondary N) is 3. The molecule has 6 N–H and O–H groups in total. The highest BCUT2D eigenvalue weighted by Gasteiger charge is 2.43. The molecule has 0 aromatic carbocycles. The van der Waals surface area contributed by atoms with E-state index in [1.165, 1.54) is 14.7 Å². The standard InChI is InChI=1S/C27H41N7O8S/c28-21(35)13-16(30-22(36)18-6-2-10-32(18)24(38)15-5-1-9-29-15)25(39)33-11-3-7-19(33)23(37)31-17(14-43)26(40)34-12-4-8-20(34)27(41)42/h15-20,29,43H,1-14H2,(H2,28,35)(H,30,36)(H,31,37)(H,41,42)/t15-,16-,17-,18-,19-,20-/m0/s1. The second-order valence-corrected chi connectivity index (χ2v) is 11.9. The van der Waals surface area contributed by atoms with E-state index in [9.17, 15) is 38.7 Å². The highest BCUT2D eigenvalue weighted by molar-refractivity contribution is 7.80. The van der Waals surface area contributed by atoms with Crippen molar-refractivity contribution in [2.45, 2.75) is 94.0 Å². The summed E-state index contributed by atoms with van der Waals surface area (Å²) < 4.78 is 0. The summed E-state index contributed by atoms with van der Waals surface area (Å²) in [4.78, 5) is 93.9. The smallest absolute Gasteiger partial charge is 0.326 e. The number of thiol groups is 1. The third-order valence-corrected chi connectivity index (χ3v) is 9.04. The summed E-state index contributed by atoms with van der Waals surface area (Å²) in [6, 6.07) is -5.55. The van der Waals surface area contributed by atoms with Gasteiger partial charge in [-0.15, -0.1) is 0 Å². The average Bonchev–Trinajstić information content (AvgIpc) is 3.80. The summed E-state index contributed by atoms with van der Waals surface area (Å²) in [5.74, 6) is -4.61. The van der Waals surface area contributed by atoms with Crippen LogP contribution in [-0.2, 0) is 33.6 Å². The predicted octanol–water partition coefficient (Wildman–Crippen LogP) is -2.43. The van der Waals surface area contributed by atoms with Gasteiger partial charge in [-0.1, -0.05) is 0 Å². The van der Waals surface area contributed by atoms with E-state index in [4.69, 9.17) is 5.73 Å². The molecule has 4 saturated heterocycles. The van der Waals surface area contributed by atoms with Crippen LogP contribution in [0.2, 0.25) is 0 Å². The highest BCUT2D eigenvalue weighted by atomic mass is 32.1. The van der Waals surface area contributed by atoms with Crippen LogP contribution in [0.25, 0.3) is 0 Å². The van der Waals surface area contributed by atoms with E-state index in [1.807, 2.05) is 0 Å². The van der Waals surface area contributed by atoms with Crippen molar-refractivity contribution in [1.29, 1.82) is 0 Å². The fourth-order valence-corrected chi connectivity index (χ4v) is 6.76. The molecule has 15 nitrogen and oxygen atoms in total. The summed E-state index contributed by atoms with van der Waals surface area (Å²) in [5, 5.41) is 17.8. The van der Waals surface area contributed by atoms with Crippen LogP contribution in [0.4, 0.5) is 0 Å². The van der Waals surface area contributed by atoms with Crippen molar-refractivity contribution in [2.75, 3.05) is 31.9 Å². The van der Waals surface area contributed by atoms with Gasteiger partial charge < -0.3 is 41.5 Å². The van der Waals surface area contributed by atoms with Gasteiger partial charge in [0.1, 0.15) is 30.2 Å². The molecule has 0 spiro atoms. The molecule has 0 saturated carbocycles. The first kappa shape index (κ1) is 32.5. The maximum absolute atomic E-state index is 13.7. The molecule has 0 aliphatic carbocycles. The minimum atomic E-state index is -1.34. The number of hydrogen-bond acceptors (Lipinski definition) is 9. The van der Waals surface area contributed by atoms with Gasteiger partial charge in [0.15, 0.2) is 0 Å². The Bertz CT molecular complexity index is 1130. The lowest BCUT2D eigenvalue weighted by molar-refractivity contribution is -0.149. The molecule has 6 atom stereocenters. The van der Waals surface area contributed by atoms with Crippen LogP contribution in [-0.4, -0.2) is 129 Å². The van der Waals surface area contributed by atoms with Gasteiger partial charge >= 0.3 is 5.97 Å². The van der Waals surface area contributed by atoms with Crippen LogP contribution in [0.5, 0.6) is 0 Å². The van der Waals surface area contributed by atoms with Gasteiger partial charge in [0, 0.05) is 25.4 Å². The SMILES string of the molecule is NC(=O)C[C@H](NC(=O)[C@@H]1CCCN1C(=O)[C@@H]1CCCN1)C(=O)N1CCC[C@H]1C(=O)N[C@@H](CS)C(=O)N1CCC[C@H]1C(=O)O. The number of carboxylic acids is 1. The number of nitrogens with zero attached hydrogens (tertiary/aromatic N) is 3. The van der Waals surface area contributed by atoms with Crippen molar-refractivity contribution in [3.05, 3.63) is 0 Å². The average molecular weight is 624 g/mol. The summed E-state index contributed by atoms with van der Waals surface area (Å²) in [6.45, 7) is 1.56. The van der Waals surface area contributed by atoms with Crippen LogP contribution in [0.3, 0.4) is 0 Å². The first-order valence-corrected chi connectivity index (χ1v) is 15.5. The van der Waals surface area contributed by atoms with Gasteiger partial charge in [0.25, 0.3) is 0 Å². The molecule has 238 valence electrons. The van der Waals surface area contributed by atoms with E-state index in [0.717, 1.165) is 13.0 Å². The summed E-state index contributed by atoms with van der Waals surface area (Å²) in [7, 11) is 0. The molecule has 0 radical (unpaired) electrons. The van der Waals surface area contributed by atoms with Crippen LogP contribution in [0, 0.1) is 0 Å². The molecule has 6 amide bonds. The Hall–Kier alpha value is -3.40. The van der Waals surface area contributed by atoms with Gasteiger partial charge in [-0.2, -0.15) is 12.6 Å². The summed E-state index contributed by atoms with van der Waals surface area (Å²) in [6.07, 6.45) is 3.67. The van der Waals surface area contributed by atoms with Crippen LogP contribution in [0.1, 0.15) is 57.8 Å². The monoisotopic (exact) mass is 623 g/mol. The number of carbonyl (C=O) groups excluding carboxylic acids is 6. The lowest BCUT2D eigenvalue weighted by Crippen LogP contribution is -2.59. The molecule has 43 heavy (non-hydrogen) atoms. The molecule has 4 aliphatic heterocycles. The Morgan fingerprint density at radius 3 is 1.81 bits per heavy atom. The predicted molar refractivity (Wildman–Crippen MR) is 154 cm³/mol. The van der Waals surface area contributed by atoms with Gasteiger partial charge in [-0.25, -0.2) is 4.79 Å². The van der Waals surface area contributed by atoms with E-state index in [0.29, 0.717) is 45.1 Å². The second-order valence-electron chi connectivity index (χ2n) is 11.5. The zero-order valence-corrected chi connectivity index (χ0v) is 24.9. The minimum absolute atomic E-state index is 0.0819. The number of hydrogen-bond donors (Lipinski definition) is 6. The maximum Gasteiger partial charge on any atom is 0.326 e. The molecule has 4 rings (SSSR count). The Morgan fingerprint density at radius 2 is 1.28 bits per heavy atom. The third-order valence-electron chi connectivity index (χ3n) is 8.67. The number of carbonyl (C=O) groups is 7. The molecule has 4 fully saturated rings. The van der Waals surface area contributed by atoms with Crippen molar-refractivity contribution in [3.8, 4) is 0 Å². The van der Waals surface area contributed by atoms with Crippen molar-refractivity contribution in [3.63, 3.8) is 0 Å². The number of carboxylic acid groups (broad SMARTS) is 1. The fraction of sp³-hybridized carbons (Fsp3) is 0.741. The van der Waals surface area contributed by atoms with Crippen molar-refractivity contribution in [2.24, 2.45) is 5.73 Å². The lowest BCUT2D eigenvalue weighted by Gasteiger charge is -2.32. The minimum Gasteiger partial charge on any atom is -0.480 e. The molecule has 4 heterocycles. The van der Waals surface area contributed by atoms with Gasteiger partial charge in [-0.05, 0) is 57.9 Å². The molecule has 0 unspecified atom stereocenters. The first-order valence-electron chi connectivity index (χ1n) is 14.9. The zero-order valence-electron chi connectivity index (χ0n) is 24.0. The molecule has 0 aromatic rings. The lowest BCUT2D eigenvalue weighted by atomic mass is 10.1. The molecule has 16 heteroatoms. The quantitative estimate of drug-likeness (QED) is 0.135. The van der Waals surface area contributed by atoms with E-state index in [2.05, 4.69) is 28.6 Å². The fourth-order valence-electron chi connectivity index (χ4n) is 6.51. The van der Waals surface area contributed by atoms with E-state index in [-0.39, 0.29) is 37.2 Å². The van der Waals surface area contributed by atoms with Crippen LogP contribution < -0.4 is 21.7 Å². The maximum atomic E-state index is 13.7. The number of nitrogens with two attached hydrogens (primary N) is 1. The Labute approximate surface area is 255 Å².